The minimum absolute atomic E-state index is 0.0268. The Morgan fingerprint density at radius 2 is 1.10 bits per heavy atom. The Morgan fingerprint density at radius 3 is 1.51 bits per heavy atom. The second kappa shape index (κ2) is 27.1. The van der Waals surface area contributed by atoms with Crippen molar-refractivity contribution in [3.63, 3.8) is 0 Å². The Labute approximate surface area is 336 Å². The zero-order valence-corrected chi connectivity index (χ0v) is 32.0. The molecule has 0 bridgehead atoms. The van der Waals surface area contributed by atoms with E-state index in [2.05, 4.69) is 10.6 Å². The Kier molecular flexibility index (Phi) is 24.5. The molecule has 0 aliphatic carbocycles. The van der Waals surface area contributed by atoms with Crippen molar-refractivity contribution in [1.29, 1.82) is 0 Å². The second-order valence-corrected chi connectivity index (χ2v) is 13.7. The molecule has 59 heavy (non-hydrogen) atoms. The summed E-state index contributed by atoms with van der Waals surface area (Å²) in [7, 11) is 0. The summed E-state index contributed by atoms with van der Waals surface area (Å²) in [5.74, 6) is -8.55. The van der Waals surface area contributed by atoms with Crippen LogP contribution in [0.25, 0.3) is 0 Å². The number of aliphatic hydroxyl groups excluding tert-OH is 10. The molecule has 16 N–H and O–H groups in total. The van der Waals surface area contributed by atoms with Crippen LogP contribution in [0.15, 0.2) is 0 Å². The summed E-state index contributed by atoms with van der Waals surface area (Å²) in [6.45, 7) is -6.12. The number of aliphatic hydroxyl groups is 10. The fourth-order valence-electron chi connectivity index (χ4n) is 6.21. The van der Waals surface area contributed by atoms with Gasteiger partial charge in [0.2, 0.25) is 0 Å². The lowest BCUT2D eigenvalue weighted by atomic mass is 9.97. The number of nitrogens with zero attached hydrogens (tertiary/aromatic N) is 4. The number of hydrogen-bond donors (Lipinski definition) is 16. The van der Waals surface area contributed by atoms with E-state index in [0.717, 1.165) is 9.96 Å². The smallest absolute Gasteiger partial charge is 0.317 e. The maximum Gasteiger partial charge on any atom is 0.317 e. The summed E-state index contributed by atoms with van der Waals surface area (Å²) in [6, 6.07) is 0. The third-order valence-electron chi connectivity index (χ3n) is 9.10. The maximum atomic E-state index is 12.5. The van der Waals surface area contributed by atoms with Gasteiger partial charge in [-0.1, -0.05) is 0 Å². The molecule has 0 aromatic rings. The van der Waals surface area contributed by atoms with E-state index in [1.54, 1.807) is 0 Å². The van der Waals surface area contributed by atoms with Gasteiger partial charge < -0.3 is 82.1 Å². The molecule has 1 aliphatic heterocycles. The minimum atomic E-state index is -2.27. The summed E-state index contributed by atoms with van der Waals surface area (Å²) >= 11 is 0. The van der Waals surface area contributed by atoms with Gasteiger partial charge in [-0.15, -0.1) is 0 Å². The Hall–Kier alpha value is -3.78. The highest BCUT2D eigenvalue weighted by Crippen LogP contribution is 2.25. The van der Waals surface area contributed by atoms with Crippen molar-refractivity contribution in [3.8, 4) is 0 Å². The van der Waals surface area contributed by atoms with Crippen molar-refractivity contribution in [3.05, 3.63) is 0 Å². The predicted molar refractivity (Wildman–Crippen MR) is 192 cm³/mol. The van der Waals surface area contributed by atoms with Gasteiger partial charge in [-0.2, -0.15) is 5.06 Å². The van der Waals surface area contributed by atoms with Crippen molar-refractivity contribution in [1.82, 2.24) is 30.4 Å². The van der Waals surface area contributed by atoms with E-state index in [9.17, 15) is 90.0 Å². The normalized spacial score (nSPS) is 20.7. The average Bonchev–Trinajstić information content (AvgIpc) is 3.33. The molecule has 1 fully saturated rings. The van der Waals surface area contributed by atoms with Crippen LogP contribution in [0.3, 0.4) is 0 Å². The van der Waals surface area contributed by atoms with E-state index in [1.807, 2.05) is 0 Å². The van der Waals surface area contributed by atoms with Crippen LogP contribution in [0.5, 0.6) is 0 Å². The van der Waals surface area contributed by atoms with Crippen LogP contribution in [-0.4, -0.2) is 274 Å². The van der Waals surface area contributed by atoms with Gasteiger partial charge in [0, 0.05) is 51.7 Å². The molecule has 1 heterocycles. The molecule has 0 saturated carbocycles. The number of nitrogens with one attached hydrogen (secondary N) is 2. The lowest BCUT2D eigenvalue weighted by Crippen LogP contribution is -2.56. The van der Waals surface area contributed by atoms with Crippen molar-refractivity contribution < 1.29 is 105 Å². The van der Waals surface area contributed by atoms with Gasteiger partial charge in [0.05, 0.1) is 52.2 Å². The molecule has 1 rings (SSSR count). The number of aliphatic carboxylic acids is 4. The van der Waals surface area contributed by atoms with E-state index in [4.69, 9.17) is 15.1 Å². The van der Waals surface area contributed by atoms with Gasteiger partial charge in [-0.25, -0.2) is 0 Å². The van der Waals surface area contributed by atoms with Gasteiger partial charge in [0.1, 0.15) is 36.6 Å². The highest BCUT2D eigenvalue weighted by molar-refractivity contribution is 5.81. The largest absolute Gasteiger partial charge is 0.480 e. The first-order valence-corrected chi connectivity index (χ1v) is 18.3. The molecule has 0 aromatic heterocycles. The van der Waals surface area contributed by atoms with E-state index < -0.39 is 136 Å². The number of carboxylic acids is 4. The molecule has 1 aliphatic rings. The van der Waals surface area contributed by atoms with Gasteiger partial charge in [-0.05, 0) is 12.8 Å². The summed E-state index contributed by atoms with van der Waals surface area (Å²) < 4.78 is 0. The number of amides is 2. The molecule has 27 heteroatoms. The highest BCUT2D eigenvalue weighted by atomic mass is 16.7. The van der Waals surface area contributed by atoms with Crippen molar-refractivity contribution in [2.45, 2.75) is 67.8 Å². The van der Waals surface area contributed by atoms with E-state index >= 15 is 0 Å². The van der Waals surface area contributed by atoms with E-state index in [0.29, 0.717) is 0 Å². The predicted octanol–water partition coefficient (Wildman–Crippen LogP) is -9.70. The summed E-state index contributed by atoms with van der Waals surface area (Å²) in [5, 5.41) is 141. The molecule has 0 spiro atoms. The van der Waals surface area contributed by atoms with Crippen LogP contribution >= 0.6 is 0 Å². The quantitative estimate of drug-likeness (QED) is 0.0235. The molecular weight excluding hydrogens is 804 g/mol. The number of hydroxylamine groups is 2. The lowest BCUT2D eigenvalue weighted by molar-refractivity contribution is -0.164. The zero-order chi connectivity index (χ0) is 45.0. The lowest BCUT2D eigenvalue weighted by Gasteiger charge is -2.41. The first kappa shape index (κ1) is 53.2. The van der Waals surface area contributed by atoms with Crippen LogP contribution in [0.4, 0.5) is 0 Å². The van der Waals surface area contributed by atoms with Crippen LogP contribution in [0.2, 0.25) is 0 Å². The maximum absolute atomic E-state index is 12.5. The molecule has 342 valence electrons. The monoisotopic (exact) mass is 862 g/mol. The summed E-state index contributed by atoms with van der Waals surface area (Å²) in [6.07, 6.45) is -17.9. The molecule has 2 amide bonds. The average molecular weight is 863 g/mol. The van der Waals surface area contributed by atoms with Crippen molar-refractivity contribution >= 4 is 35.7 Å². The third-order valence-corrected chi connectivity index (χ3v) is 9.10. The van der Waals surface area contributed by atoms with Crippen molar-refractivity contribution in [2.24, 2.45) is 5.92 Å². The minimum Gasteiger partial charge on any atom is -0.480 e. The number of rotatable bonds is 30. The molecule has 0 radical (unpaired) electrons. The molecular formula is C32H58N6O21. The van der Waals surface area contributed by atoms with Gasteiger partial charge in [-0.3, -0.25) is 48.3 Å². The number of carboxylic acid groups (broad SMARTS) is 4. The molecule has 27 nitrogen and oxygen atoms in total. The van der Waals surface area contributed by atoms with E-state index in [1.165, 1.54) is 9.80 Å². The fourth-order valence-corrected chi connectivity index (χ4v) is 6.21. The van der Waals surface area contributed by atoms with Crippen LogP contribution in [0, 0.1) is 5.92 Å². The number of hydrogen-bond acceptors (Lipinski definition) is 21. The Bertz CT molecular complexity index is 1270. The zero-order valence-electron chi connectivity index (χ0n) is 32.0. The Balaban J connectivity index is 3.22. The van der Waals surface area contributed by atoms with Gasteiger partial charge in [0.25, 0.3) is 11.8 Å². The summed E-state index contributed by atoms with van der Waals surface area (Å²) in [5.41, 5.74) is 0. The molecule has 0 aromatic carbocycles. The van der Waals surface area contributed by atoms with Crippen molar-refractivity contribution in [2.75, 3.05) is 91.8 Å². The Morgan fingerprint density at radius 1 is 0.644 bits per heavy atom. The number of carbonyl (C=O) groups is 6. The van der Waals surface area contributed by atoms with Gasteiger partial charge >= 0.3 is 23.9 Å². The van der Waals surface area contributed by atoms with E-state index in [-0.39, 0.29) is 65.3 Å². The fraction of sp³-hybridized carbons (Fsp3) is 0.812. The third kappa shape index (κ3) is 19.0. The SMILES string of the molecule is O=C(O)CN1CCN(CC(=O)O)C(N(CC(=O)O)CC(=O)O)C(CCCON(CCNC(=O)C(O)C(O)C(O)C(O)CO)CCNC(=O)C(O)C(O)C(O)C(O)CO)C1. The first-order chi connectivity index (χ1) is 27.6. The topological polar surface area (TPSA) is 432 Å². The molecule has 10 atom stereocenters. The van der Waals surface area contributed by atoms with Crippen LogP contribution in [-0.2, 0) is 33.6 Å². The molecule has 10 unspecified atom stereocenters. The van der Waals surface area contributed by atoms with Crippen LogP contribution < -0.4 is 10.6 Å². The highest BCUT2D eigenvalue weighted by Gasteiger charge is 2.39. The first-order valence-electron chi connectivity index (χ1n) is 18.3. The number of carbonyl (C=O) groups excluding carboxylic acids is 2. The summed E-state index contributed by atoms with van der Waals surface area (Å²) in [4.78, 5) is 81.7. The second-order valence-electron chi connectivity index (χ2n) is 13.7. The van der Waals surface area contributed by atoms with Gasteiger partial charge in [0.15, 0.2) is 12.2 Å². The molecule has 1 saturated heterocycles. The van der Waals surface area contributed by atoms with Crippen LogP contribution in [0.1, 0.15) is 12.8 Å². The standard InChI is InChI=1S/C32H58N6O21/c39-15-18(41)24(51)26(53)28(55)30(57)33-3-5-38(6-4-34-31(58)29(56)27(54)25(52)19(42)16-40)59-9-1-2-17-10-35(11-20(43)44)7-8-36(12-21(45)46)32(17)37(13-22(47)48)14-23(49)50/h17-19,24-29,32,39-42,51-56H,1-16H2,(H,33,57)(H,34,58)(H,43,44)(H,45,46)(H,47,48)(H,49,50).